The van der Waals surface area contributed by atoms with Gasteiger partial charge in [-0.1, -0.05) is 97.1 Å². The number of benzene rings is 5. The summed E-state index contributed by atoms with van der Waals surface area (Å²) < 4.78 is 6.38. The third kappa shape index (κ3) is 3.42. The standard InChI is InChI=1S/C31H20O2/c32-30(22-10-3-1-4-11-22)26-17-18-28-27(20-26)29(31(33-28)23-12-5-2-6-13-23)25-16-15-21-9-7-8-14-24(21)19-25/h1-20H. The second-order valence-corrected chi connectivity index (χ2v) is 8.14. The lowest BCUT2D eigenvalue weighted by Gasteiger charge is -2.07. The second-order valence-electron chi connectivity index (χ2n) is 8.14. The summed E-state index contributed by atoms with van der Waals surface area (Å²) in [5.41, 5.74) is 5.17. The Balaban J connectivity index is 1.60. The monoisotopic (exact) mass is 424 g/mol. The normalized spacial score (nSPS) is 11.2. The van der Waals surface area contributed by atoms with E-state index in [0.717, 1.165) is 33.4 Å². The zero-order chi connectivity index (χ0) is 22.2. The molecule has 0 saturated heterocycles. The predicted molar refractivity (Wildman–Crippen MR) is 134 cm³/mol. The highest BCUT2D eigenvalue weighted by atomic mass is 16.3. The molecule has 6 aromatic rings. The fourth-order valence-corrected chi connectivity index (χ4v) is 4.42. The lowest BCUT2D eigenvalue weighted by Crippen LogP contribution is -2.00. The van der Waals surface area contributed by atoms with Gasteiger partial charge in [-0.15, -0.1) is 0 Å². The van der Waals surface area contributed by atoms with Gasteiger partial charge in [0.05, 0.1) is 0 Å². The van der Waals surface area contributed by atoms with E-state index in [0.29, 0.717) is 11.1 Å². The van der Waals surface area contributed by atoms with Gasteiger partial charge in [-0.25, -0.2) is 0 Å². The number of furan rings is 1. The lowest BCUT2D eigenvalue weighted by atomic mass is 9.94. The van der Waals surface area contributed by atoms with Crippen molar-refractivity contribution in [1.82, 2.24) is 0 Å². The van der Waals surface area contributed by atoms with Gasteiger partial charge in [0.1, 0.15) is 11.3 Å². The third-order valence-corrected chi connectivity index (χ3v) is 6.06. The number of hydrogen-bond acceptors (Lipinski definition) is 2. The van der Waals surface area contributed by atoms with Gasteiger partial charge in [-0.05, 0) is 40.6 Å². The van der Waals surface area contributed by atoms with Crippen LogP contribution in [0.2, 0.25) is 0 Å². The number of carbonyl (C=O) groups is 1. The molecule has 0 atom stereocenters. The molecule has 0 bridgehead atoms. The van der Waals surface area contributed by atoms with Gasteiger partial charge < -0.3 is 4.42 Å². The van der Waals surface area contributed by atoms with E-state index in [1.54, 1.807) is 0 Å². The van der Waals surface area contributed by atoms with Crippen molar-refractivity contribution in [3.63, 3.8) is 0 Å². The van der Waals surface area contributed by atoms with E-state index in [-0.39, 0.29) is 5.78 Å². The maximum atomic E-state index is 13.2. The molecular weight excluding hydrogens is 404 g/mol. The van der Waals surface area contributed by atoms with Gasteiger partial charge in [0, 0.05) is 27.6 Å². The fraction of sp³-hybridized carbons (Fsp3) is 0. The Morgan fingerprint density at radius 1 is 0.545 bits per heavy atom. The van der Waals surface area contributed by atoms with Crippen LogP contribution in [-0.4, -0.2) is 5.78 Å². The van der Waals surface area contributed by atoms with Crippen molar-refractivity contribution < 1.29 is 9.21 Å². The SMILES string of the molecule is O=C(c1ccccc1)c1ccc2oc(-c3ccccc3)c(-c3ccc4ccccc4c3)c2c1. The zero-order valence-corrected chi connectivity index (χ0v) is 17.9. The molecule has 0 aliphatic rings. The molecule has 0 unspecified atom stereocenters. The largest absolute Gasteiger partial charge is 0.455 e. The van der Waals surface area contributed by atoms with Gasteiger partial charge in [-0.2, -0.15) is 0 Å². The highest BCUT2D eigenvalue weighted by molar-refractivity contribution is 6.12. The number of hydrogen-bond donors (Lipinski definition) is 0. The van der Waals surface area contributed by atoms with Crippen molar-refractivity contribution >= 4 is 27.5 Å². The Bertz CT molecular complexity index is 1610. The molecule has 0 fully saturated rings. The van der Waals surface area contributed by atoms with Crippen molar-refractivity contribution in [3.05, 3.63) is 132 Å². The third-order valence-electron chi connectivity index (χ3n) is 6.06. The molecule has 0 spiro atoms. The van der Waals surface area contributed by atoms with Crippen LogP contribution in [0.3, 0.4) is 0 Å². The van der Waals surface area contributed by atoms with Crippen LogP contribution < -0.4 is 0 Å². The van der Waals surface area contributed by atoms with Crippen LogP contribution in [0.4, 0.5) is 0 Å². The average Bonchev–Trinajstić information content (AvgIpc) is 3.28. The summed E-state index contributed by atoms with van der Waals surface area (Å²) in [7, 11) is 0. The molecule has 2 nitrogen and oxygen atoms in total. The Kier molecular flexibility index (Phi) is 4.63. The quantitative estimate of drug-likeness (QED) is 0.267. The Labute approximate surface area is 191 Å². The Morgan fingerprint density at radius 3 is 2.03 bits per heavy atom. The van der Waals surface area contributed by atoms with Gasteiger partial charge in [0.2, 0.25) is 0 Å². The van der Waals surface area contributed by atoms with E-state index in [1.165, 1.54) is 10.8 Å². The summed E-state index contributed by atoms with van der Waals surface area (Å²) in [4.78, 5) is 13.2. The molecule has 0 aliphatic heterocycles. The van der Waals surface area contributed by atoms with Crippen LogP contribution in [0.5, 0.6) is 0 Å². The first-order valence-corrected chi connectivity index (χ1v) is 11.0. The van der Waals surface area contributed by atoms with E-state index in [1.807, 2.05) is 78.9 Å². The summed E-state index contributed by atoms with van der Waals surface area (Å²) in [5, 5.41) is 3.29. The first kappa shape index (κ1) is 19.3. The van der Waals surface area contributed by atoms with Gasteiger partial charge in [0.25, 0.3) is 0 Å². The molecule has 0 saturated carbocycles. The molecule has 0 amide bonds. The molecular formula is C31H20O2. The minimum absolute atomic E-state index is 0.00409. The summed E-state index contributed by atoms with van der Waals surface area (Å²) >= 11 is 0. The van der Waals surface area contributed by atoms with Crippen LogP contribution in [-0.2, 0) is 0 Å². The van der Waals surface area contributed by atoms with Crippen LogP contribution >= 0.6 is 0 Å². The van der Waals surface area contributed by atoms with Crippen LogP contribution in [0.25, 0.3) is 44.2 Å². The molecule has 6 rings (SSSR count). The second kappa shape index (κ2) is 7.92. The highest BCUT2D eigenvalue weighted by Crippen LogP contribution is 2.42. The molecule has 1 aromatic heterocycles. The molecule has 156 valence electrons. The molecule has 33 heavy (non-hydrogen) atoms. The number of carbonyl (C=O) groups excluding carboxylic acids is 1. The first-order chi connectivity index (χ1) is 16.3. The number of ketones is 1. The Morgan fingerprint density at radius 2 is 1.24 bits per heavy atom. The van der Waals surface area contributed by atoms with E-state index < -0.39 is 0 Å². The van der Waals surface area contributed by atoms with Gasteiger partial charge in [0.15, 0.2) is 5.78 Å². The van der Waals surface area contributed by atoms with Crippen molar-refractivity contribution in [3.8, 4) is 22.5 Å². The summed E-state index contributed by atoms with van der Waals surface area (Å²) in [6, 6.07) is 40.0. The van der Waals surface area contributed by atoms with Crippen LogP contribution in [0.15, 0.2) is 126 Å². The summed E-state index contributed by atoms with van der Waals surface area (Å²) in [6.07, 6.45) is 0. The van der Waals surface area contributed by atoms with Crippen LogP contribution in [0.1, 0.15) is 15.9 Å². The minimum Gasteiger partial charge on any atom is -0.455 e. The maximum absolute atomic E-state index is 13.2. The highest BCUT2D eigenvalue weighted by Gasteiger charge is 2.20. The molecule has 0 aliphatic carbocycles. The molecule has 0 N–H and O–H groups in total. The van der Waals surface area contributed by atoms with E-state index in [9.17, 15) is 4.79 Å². The zero-order valence-electron chi connectivity index (χ0n) is 17.9. The average molecular weight is 424 g/mol. The van der Waals surface area contributed by atoms with Crippen molar-refractivity contribution in [1.29, 1.82) is 0 Å². The van der Waals surface area contributed by atoms with Gasteiger partial charge in [-0.3, -0.25) is 4.79 Å². The number of rotatable bonds is 4. The van der Waals surface area contributed by atoms with Gasteiger partial charge >= 0.3 is 0 Å². The van der Waals surface area contributed by atoms with Crippen molar-refractivity contribution in [2.24, 2.45) is 0 Å². The first-order valence-electron chi connectivity index (χ1n) is 11.0. The van der Waals surface area contributed by atoms with Crippen molar-refractivity contribution in [2.75, 3.05) is 0 Å². The lowest BCUT2D eigenvalue weighted by molar-refractivity contribution is 0.103. The van der Waals surface area contributed by atoms with E-state index in [4.69, 9.17) is 4.42 Å². The summed E-state index contributed by atoms with van der Waals surface area (Å²) in [6.45, 7) is 0. The molecule has 0 radical (unpaired) electrons. The summed E-state index contributed by atoms with van der Waals surface area (Å²) in [5.74, 6) is 0.814. The maximum Gasteiger partial charge on any atom is 0.193 e. The van der Waals surface area contributed by atoms with Crippen LogP contribution in [0, 0.1) is 0 Å². The predicted octanol–water partition coefficient (Wildman–Crippen LogP) is 8.15. The van der Waals surface area contributed by atoms with E-state index >= 15 is 0 Å². The smallest absolute Gasteiger partial charge is 0.193 e. The Hall–Kier alpha value is -4.43. The van der Waals surface area contributed by atoms with Crippen molar-refractivity contribution in [2.45, 2.75) is 0 Å². The fourth-order valence-electron chi connectivity index (χ4n) is 4.42. The van der Waals surface area contributed by atoms with E-state index in [2.05, 4.69) is 42.5 Å². The topological polar surface area (TPSA) is 30.2 Å². The number of fused-ring (bicyclic) bond motifs is 2. The molecule has 2 heteroatoms. The minimum atomic E-state index is 0.00409. The molecule has 5 aromatic carbocycles. The molecule has 1 heterocycles.